The van der Waals surface area contributed by atoms with Gasteiger partial charge in [-0.05, 0) is 19.3 Å². The molecule has 1 aliphatic heterocycles. The highest BCUT2D eigenvalue weighted by molar-refractivity contribution is 4.95. The van der Waals surface area contributed by atoms with Gasteiger partial charge in [0.1, 0.15) is 0 Å². The SMILES string of the molecule is COC1C(N)CC1OCC1CCCO1. The fourth-order valence-corrected chi connectivity index (χ4v) is 2.11. The Kier molecular flexibility index (Phi) is 3.38. The molecule has 1 aliphatic carbocycles. The van der Waals surface area contributed by atoms with Crippen LogP contribution in [0.15, 0.2) is 0 Å². The number of nitrogens with two attached hydrogens (primary N) is 1. The first kappa shape index (κ1) is 10.4. The average molecular weight is 201 g/mol. The summed E-state index contributed by atoms with van der Waals surface area (Å²) in [6.45, 7) is 1.57. The van der Waals surface area contributed by atoms with Crippen molar-refractivity contribution in [1.82, 2.24) is 0 Å². The van der Waals surface area contributed by atoms with E-state index in [-0.39, 0.29) is 18.2 Å². The van der Waals surface area contributed by atoms with E-state index in [9.17, 15) is 0 Å². The summed E-state index contributed by atoms with van der Waals surface area (Å²) in [4.78, 5) is 0. The number of hydrogen-bond acceptors (Lipinski definition) is 4. The minimum absolute atomic E-state index is 0.0800. The van der Waals surface area contributed by atoms with E-state index in [2.05, 4.69) is 0 Å². The van der Waals surface area contributed by atoms with Gasteiger partial charge in [-0.3, -0.25) is 0 Å². The minimum atomic E-state index is 0.0800. The van der Waals surface area contributed by atoms with Crippen LogP contribution in [0.4, 0.5) is 0 Å². The van der Waals surface area contributed by atoms with E-state index in [1.54, 1.807) is 7.11 Å². The third kappa shape index (κ3) is 2.08. The van der Waals surface area contributed by atoms with Crippen LogP contribution in [0.3, 0.4) is 0 Å². The predicted octanol–water partition coefficient (Wildman–Crippen LogP) is 0.297. The molecule has 0 spiro atoms. The van der Waals surface area contributed by atoms with Gasteiger partial charge in [0.25, 0.3) is 0 Å². The molecule has 4 heteroatoms. The van der Waals surface area contributed by atoms with Crippen LogP contribution >= 0.6 is 0 Å². The normalized spacial score (nSPS) is 42.4. The lowest BCUT2D eigenvalue weighted by molar-refractivity contribution is -0.140. The summed E-state index contributed by atoms with van der Waals surface area (Å²) < 4.78 is 16.4. The molecule has 0 amide bonds. The topological polar surface area (TPSA) is 53.7 Å². The molecule has 2 aliphatic rings. The van der Waals surface area contributed by atoms with Gasteiger partial charge in [-0.1, -0.05) is 0 Å². The fourth-order valence-electron chi connectivity index (χ4n) is 2.11. The molecule has 4 atom stereocenters. The largest absolute Gasteiger partial charge is 0.377 e. The maximum atomic E-state index is 5.77. The summed E-state index contributed by atoms with van der Waals surface area (Å²) >= 11 is 0. The lowest BCUT2D eigenvalue weighted by Crippen LogP contribution is -2.58. The van der Waals surface area contributed by atoms with Gasteiger partial charge in [0.2, 0.25) is 0 Å². The van der Waals surface area contributed by atoms with Crippen LogP contribution < -0.4 is 5.73 Å². The predicted molar refractivity (Wildman–Crippen MR) is 52.1 cm³/mol. The van der Waals surface area contributed by atoms with Gasteiger partial charge in [0.05, 0.1) is 24.9 Å². The van der Waals surface area contributed by atoms with Crippen LogP contribution in [0, 0.1) is 0 Å². The van der Waals surface area contributed by atoms with Crippen LogP contribution in [-0.2, 0) is 14.2 Å². The van der Waals surface area contributed by atoms with Crippen molar-refractivity contribution in [2.45, 2.75) is 43.6 Å². The molecule has 2 rings (SSSR count). The highest BCUT2D eigenvalue weighted by Crippen LogP contribution is 2.26. The van der Waals surface area contributed by atoms with E-state index in [1.807, 2.05) is 0 Å². The van der Waals surface area contributed by atoms with Gasteiger partial charge in [-0.2, -0.15) is 0 Å². The van der Waals surface area contributed by atoms with Crippen LogP contribution in [0.25, 0.3) is 0 Å². The second kappa shape index (κ2) is 4.57. The number of hydrogen-bond donors (Lipinski definition) is 1. The van der Waals surface area contributed by atoms with E-state index in [4.69, 9.17) is 19.9 Å². The highest BCUT2D eigenvalue weighted by atomic mass is 16.6. The Hall–Kier alpha value is -0.160. The third-order valence-corrected chi connectivity index (χ3v) is 3.09. The number of rotatable bonds is 4. The second-order valence-corrected chi connectivity index (χ2v) is 4.11. The van der Waals surface area contributed by atoms with E-state index >= 15 is 0 Å². The van der Waals surface area contributed by atoms with Crippen LogP contribution in [0.2, 0.25) is 0 Å². The van der Waals surface area contributed by atoms with Crippen LogP contribution in [0.5, 0.6) is 0 Å². The summed E-state index contributed by atoms with van der Waals surface area (Å²) in [5.41, 5.74) is 5.77. The Morgan fingerprint density at radius 1 is 1.50 bits per heavy atom. The zero-order valence-electron chi connectivity index (χ0n) is 8.65. The van der Waals surface area contributed by atoms with Crippen molar-refractivity contribution in [3.8, 4) is 0 Å². The summed E-state index contributed by atoms with van der Waals surface area (Å²) in [5, 5.41) is 0. The molecule has 0 bridgehead atoms. The van der Waals surface area contributed by atoms with Crippen molar-refractivity contribution < 1.29 is 14.2 Å². The Balaban J connectivity index is 1.65. The van der Waals surface area contributed by atoms with E-state index < -0.39 is 0 Å². The number of methoxy groups -OCH3 is 1. The Bertz CT molecular complexity index is 182. The fraction of sp³-hybridized carbons (Fsp3) is 1.00. The molecule has 4 unspecified atom stereocenters. The minimum Gasteiger partial charge on any atom is -0.377 e. The van der Waals surface area contributed by atoms with Crippen molar-refractivity contribution in [3.05, 3.63) is 0 Å². The summed E-state index contributed by atoms with van der Waals surface area (Å²) in [6, 6.07) is 0.148. The first-order chi connectivity index (χ1) is 6.81. The first-order valence-corrected chi connectivity index (χ1v) is 5.33. The molecule has 1 heterocycles. The van der Waals surface area contributed by atoms with E-state index in [1.165, 1.54) is 0 Å². The van der Waals surface area contributed by atoms with Crippen molar-refractivity contribution in [2.24, 2.45) is 5.73 Å². The van der Waals surface area contributed by atoms with Gasteiger partial charge in [-0.25, -0.2) is 0 Å². The molecule has 0 aromatic rings. The Morgan fingerprint density at radius 2 is 2.36 bits per heavy atom. The zero-order chi connectivity index (χ0) is 9.97. The maximum Gasteiger partial charge on any atom is 0.0984 e. The molecular formula is C10H19NO3. The van der Waals surface area contributed by atoms with Crippen LogP contribution in [0.1, 0.15) is 19.3 Å². The summed E-state index contributed by atoms with van der Waals surface area (Å²) in [5.74, 6) is 0. The van der Waals surface area contributed by atoms with Gasteiger partial charge < -0.3 is 19.9 Å². The average Bonchev–Trinajstić information content (AvgIpc) is 2.65. The van der Waals surface area contributed by atoms with Crippen molar-refractivity contribution in [2.75, 3.05) is 20.3 Å². The number of ether oxygens (including phenoxy) is 3. The smallest absolute Gasteiger partial charge is 0.0984 e. The van der Waals surface area contributed by atoms with E-state index in [0.717, 1.165) is 25.9 Å². The molecule has 1 saturated carbocycles. The van der Waals surface area contributed by atoms with E-state index in [0.29, 0.717) is 12.7 Å². The van der Waals surface area contributed by atoms with Gasteiger partial charge in [0.15, 0.2) is 0 Å². The molecule has 0 radical (unpaired) electrons. The Morgan fingerprint density at radius 3 is 2.93 bits per heavy atom. The lowest BCUT2D eigenvalue weighted by Gasteiger charge is -2.41. The zero-order valence-corrected chi connectivity index (χ0v) is 8.65. The maximum absolute atomic E-state index is 5.77. The molecule has 2 fully saturated rings. The monoisotopic (exact) mass is 201 g/mol. The summed E-state index contributed by atoms with van der Waals surface area (Å²) in [6.07, 6.45) is 3.74. The van der Waals surface area contributed by atoms with Crippen LogP contribution in [-0.4, -0.2) is 44.7 Å². The lowest BCUT2D eigenvalue weighted by atomic mass is 9.86. The van der Waals surface area contributed by atoms with Crippen molar-refractivity contribution in [3.63, 3.8) is 0 Å². The summed E-state index contributed by atoms with van der Waals surface area (Å²) in [7, 11) is 1.69. The standard InChI is InChI=1S/C10H19NO3/c1-12-10-8(11)5-9(10)14-6-7-3-2-4-13-7/h7-10H,2-6,11H2,1H3. The molecule has 1 saturated heterocycles. The molecule has 2 N–H and O–H groups in total. The molecular weight excluding hydrogens is 182 g/mol. The molecule has 0 aromatic heterocycles. The highest BCUT2D eigenvalue weighted by Gasteiger charge is 2.40. The molecule has 4 nitrogen and oxygen atoms in total. The second-order valence-electron chi connectivity index (χ2n) is 4.11. The molecule has 0 aromatic carbocycles. The van der Waals surface area contributed by atoms with Crippen molar-refractivity contribution >= 4 is 0 Å². The van der Waals surface area contributed by atoms with Crippen molar-refractivity contribution in [1.29, 1.82) is 0 Å². The first-order valence-electron chi connectivity index (χ1n) is 5.33. The molecule has 82 valence electrons. The Labute approximate surface area is 84.7 Å². The quantitative estimate of drug-likeness (QED) is 0.710. The molecule has 14 heavy (non-hydrogen) atoms. The van der Waals surface area contributed by atoms with Gasteiger partial charge in [0, 0.05) is 19.8 Å². The van der Waals surface area contributed by atoms with Gasteiger partial charge >= 0.3 is 0 Å². The van der Waals surface area contributed by atoms with Gasteiger partial charge in [-0.15, -0.1) is 0 Å². The third-order valence-electron chi connectivity index (χ3n) is 3.09.